The highest BCUT2D eigenvalue weighted by Crippen LogP contribution is 2.52. The highest BCUT2D eigenvalue weighted by Gasteiger charge is 2.59. The number of nitrogens with one attached hydrogen (secondary N) is 2. The van der Waals surface area contributed by atoms with Crippen LogP contribution in [0.4, 0.5) is 0 Å². The molecule has 6 heteroatoms. The first kappa shape index (κ1) is 21.7. The van der Waals surface area contributed by atoms with Crippen molar-refractivity contribution in [2.45, 2.75) is 71.6 Å². The Morgan fingerprint density at radius 1 is 1.29 bits per heavy atom. The van der Waals surface area contributed by atoms with Crippen LogP contribution in [0.25, 0.3) is 0 Å². The third-order valence-corrected chi connectivity index (χ3v) is 6.76. The topological polar surface area (TPSA) is 65.9 Å². The van der Waals surface area contributed by atoms with Crippen molar-refractivity contribution in [3.63, 3.8) is 0 Å². The second-order valence-electron chi connectivity index (χ2n) is 8.79. The van der Waals surface area contributed by atoms with Crippen LogP contribution in [-0.2, 0) is 24.1 Å². The highest BCUT2D eigenvalue weighted by molar-refractivity contribution is 14.0. The van der Waals surface area contributed by atoms with E-state index in [1.54, 1.807) is 0 Å². The van der Waals surface area contributed by atoms with Crippen molar-refractivity contribution in [3.05, 3.63) is 28.8 Å². The van der Waals surface area contributed by atoms with E-state index in [1.165, 1.54) is 24.0 Å². The van der Waals surface area contributed by atoms with Gasteiger partial charge in [-0.25, -0.2) is 4.99 Å². The first-order valence-corrected chi connectivity index (χ1v) is 10.5. The number of halogens is 1. The molecule has 28 heavy (non-hydrogen) atoms. The van der Waals surface area contributed by atoms with E-state index < -0.39 is 0 Å². The number of guanidine groups is 1. The van der Waals surface area contributed by atoms with E-state index >= 15 is 0 Å². The van der Waals surface area contributed by atoms with E-state index in [0.29, 0.717) is 30.4 Å². The second-order valence-corrected chi connectivity index (χ2v) is 8.79. The third-order valence-electron chi connectivity index (χ3n) is 6.76. The number of hydrogen-bond acceptors (Lipinski definition) is 3. The van der Waals surface area contributed by atoms with Crippen LogP contribution < -0.4 is 10.6 Å². The highest BCUT2D eigenvalue weighted by atomic mass is 127. The summed E-state index contributed by atoms with van der Waals surface area (Å²) in [7, 11) is 0. The van der Waals surface area contributed by atoms with Crippen molar-refractivity contribution in [2.24, 2.45) is 16.3 Å². The molecule has 0 spiro atoms. The molecule has 2 aliphatic carbocycles. The molecular formula is C22H34IN3O2. The molecular weight excluding hydrogens is 465 g/mol. The van der Waals surface area contributed by atoms with Gasteiger partial charge in [-0.05, 0) is 56.2 Å². The number of hydrogen-bond donors (Lipinski definition) is 3. The number of aromatic hydroxyl groups is 1. The van der Waals surface area contributed by atoms with Crippen LogP contribution in [0.1, 0.15) is 56.7 Å². The van der Waals surface area contributed by atoms with Gasteiger partial charge in [-0.15, -0.1) is 24.0 Å². The molecule has 1 saturated heterocycles. The van der Waals surface area contributed by atoms with E-state index in [1.807, 2.05) is 6.07 Å². The zero-order valence-corrected chi connectivity index (χ0v) is 19.6. The molecule has 0 bridgehead atoms. The zero-order chi connectivity index (χ0) is 19.0. The lowest BCUT2D eigenvalue weighted by Gasteiger charge is -2.54. The van der Waals surface area contributed by atoms with Gasteiger partial charge in [-0.3, -0.25) is 0 Å². The lowest BCUT2D eigenvalue weighted by molar-refractivity contribution is -0.106. The lowest BCUT2D eigenvalue weighted by Crippen LogP contribution is -2.67. The van der Waals surface area contributed by atoms with Crippen molar-refractivity contribution in [1.29, 1.82) is 0 Å². The number of fused-ring (bicyclic) bond motifs is 2. The minimum absolute atomic E-state index is 0. The van der Waals surface area contributed by atoms with Gasteiger partial charge in [0.2, 0.25) is 0 Å². The smallest absolute Gasteiger partial charge is 0.191 e. The van der Waals surface area contributed by atoms with E-state index in [0.717, 1.165) is 43.9 Å². The fourth-order valence-electron chi connectivity index (χ4n) is 5.31. The van der Waals surface area contributed by atoms with Crippen LogP contribution in [-0.4, -0.2) is 36.4 Å². The predicted octanol–water partition coefficient (Wildman–Crippen LogP) is 3.76. The van der Waals surface area contributed by atoms with Crippen LogP contribution in [0.2, 0.25) is 0 Å². The number of phenolic OH excluding ortho intramolecular Hbond substituents is 1. The molecule has 1 aromatic carbocycles. The summed E-state index contributed by atoms with van der Waals surface area (Å²) in [5.41, 5.74) is 3.81. The number of aliphatic imine (C=N–C) groups is 1. The molecule has 3 aliphatic rings. The quantitative estimate of drug-likeness (QED) is 0.336. The summed E-state index contributed by atoms with van der Waals surface area (Å²) in [5, 5.41) is 17.5. The Hall–Kier alpha value is -1.02. The third kappa shape index (κ3) is 3.86. The first-order chi connectivity index (χ1) is 13.0. The molecule has 1 aliphatic heterocycles. The fourth-order valence-corrected chi connectivity index (χ4v) is 5.31. The molecule has 1 saturated carbocycles. The summed E-state index contributed by atoms with van der Waals surface area (Å²) >= 11 is 0. The molecule has 3 atom stereocenters. The van der Waals surface area contributed by atoms with Gasteiger partial charge in [0, 0.05) is 36.1 Å². The van der Waals surface area contributed by atoms with Gasteiger partial charge in [0.15, 0.2) is 5.96 Å². The van der Waals surface area contributed by atoms with Gasteiger partial charge >= 0.3 is 0 Å². The summed E-state index contributed by atoms with van der Waals surface area (Å²) in [6.45, 7) is 8.85. The molecule has 0 radical (unpaired) electrons. The van der Waals surface area contributed by atoms with Crippen LogP contribution in [0.3, 0.4) is 0 Å². The minimum Gasteiger partial charge on any atom is -0.508 e. The van der Waals surface area contributed by atoms with Crippen molar-refractivity contribution < 1.29 is 9.84 Å². The van der Waals surface area contributed by atoms with Crippen LogP contribution in [0.15, 0.2) is 17.1 Å². The normalized spacial score (nSPS) is 27.8. The van der Waals surface area contributed by atoms with E-state index in [2.05, 4.69) is 37.5 Å². The Morgan fingerprint density at radius 2 is 2.07 bits per heavy atom. The molecule has 2 fully saturated rings. The molecule has 5 nitrogen and oxygen atoms in total. The number of nitrogens with zero attached hydrogens (tertiary/aromatic N) is 1. The van der Waals surface area contributed by atoms with Crippen molar-refractivity contribution in [1.82, 2.24) is 10.6 Å². The zero-order valence-electron chi connectivity index (χ0n) is 17.3. The monoisotopic (exact) mass is 499 g/mol. The van der Waals surface area contributed by atoms with Crippen molar-refractivity contribution >= 4 is 29.9 Å². The van der Waals surface area contributed by atoms with Gasteiger partial charge in [0.05, 0.1) is 12.6 Å². The minimum atomic E-state index is 0. The maximum atomic E-state index is 10.4. The van der Waals surface area contributed by atoms with E-state index in [9.17, 15) is 5.11 Å². The Morgan fingerprint density at radius 3 is 2.86 bits per heavy atom. The number of rotatable bonds is 4. The van der Waals surface area contributed by atoms with Gasteiger partial charge in [-0.2, -0.15) is 0 Å². The van der Waals surface area contributed by atoms with E-state index in [4.69, 9.17) is 9.73 Å². The number of ether oxygens (including phenoxy) is 1. The maximum absolute atomic E-state index is 10.4. The number of aryl methyl sites for hydroxylation is 1. The Bertz CT molecular complexity index is 735. The summed E-state index contributed by atoms with van der Waals surface area (Å²) in [6, 6.07) is 4.30. The second kappa shape index (κ2) is 8.78. The fraction of sp³-hybridized carbons (Fsp3) is 0.682. The van der Waals surface area contributed by atoms with Crippen LogP contribution in [0, 0.1) is 11.3 Å². The Labute approximate surface area is 185 Å². The van der Waals surface area contributed by atoms with Crippen molar-refractivity contribution in [3.8, 4) is 5.75 Å². The number of benzene rings is 1. The van der Waals surface area contributed by atoms with Gasteiger partial charge in [0.1, 0.15) is 5.75 Å². The first-order valence-electron chi connectivity index (χ1n) is 10.5. The molecule has 156 valence electrons. The maximum Gasteiger partial charge on any atom is 0.191 e. The van der Waals surface area contributed by atoms with Crippen molar-refractivity contribution in [2.75, 3.05) is 13.2 Å². The van der Waals surface area contributed by atoms with Gasteiger partial charge < -0.3 is 20.5 Å². The van der Waals surface area contributed by atoms with Gasteiger partial charge in [0.25, 0.3) is 0 Å². The SMILES string of the molecule is CCNC(=NCc1c(O)ccc2c1CCCC2)NC1C2CCOC2C1(C)C.I. The van der Waals surface area contributed by atoms with E-state index in [-0.39, 0.29) is 29.4 Å². The summed E-state index contributed by atoms with van der Waals surface area (Å²) in [6.07, 6.45) is 6.09. The largest absolute Gasteiger partial charge is 0.508 e. The number of phenols is 1. The van der Waals surface area contributed by atoms with Crippen LogP contribution >= 0.6 is 24.0 Å². The molecule has 3 N–H and O–H groups in total. The molecule has 3 unspecified atom stereocenters. The Balaban J connectivity index is 0.00000225. The summed E-state index contributed by atoms with van der Waals surface area (Å²) in [4.78, 5) is 4.85. The summed E-state index contributed by atoms with van der Waals surface area (Å²) in [5.74, 6) is 1.79. The standard InChI is InChI=1S/C22H33N3O2.HI/c1-4-23-21(25-19-16-11-12-27-20(16)22(19,2)3)24-13-17-15-8-6-5-7-14(15)9-10-18(17)26;/h9-10,16,19-20,26H,4-8,11-13H2,1-3H3,(H2,23,24,25);1H. The average molecular weight is 499 g/mol. The Kier molecular flexibility index (Phi) is 6.80. The molecule has 4 rings (SSSR count). The summed E-state index contributed by atoms with van der Waals surface area (Å²) < 4.78 is 5.91. The molecule has 0 amide bonds. The predicted molar refractivity (Wildman–Crippen MR) is 124 cm³/mol. The molecule has 1 aromatic rings. The van der Waals surface area contributed by atoms with Crippen LogP contribution in [0.5, 0.6) is 5.75 Å². The molecule has 1 heterocycles. The lowest BCUT2D eigenvalue weighted by atomic mass is 9.57. The van der Waals surface area contributed by atoms with Gasteiger partial charge in [-0.1, -0.05) is 19.9 Å². The average Bonchev–Trinajstić information content (AvgIpc) is 3.12. The molecule has 0 aromatic heterocycles.